The van der Waals surface area contributed by atoms with Gasteiger partial charge in [0, 0.05) is 35.7 Å². The highest BCUT2D eigenvalue weighted by Crippen LogP contribution is 2.70. The first-order chi connectivity index (χ1) is 15.2. The van der Waals surface area contributed by atoms with Crippen molar-refractivity contribution in [3.05, 3.63) is 23.6 Å². The van der Waals surface area contributed by atoms with Gasteiger partial charge >= 0.3 is 11.9 Å². The molecule has 4 aliphatic carbocycles. The van der Waals surface area contributed by atoms with Crippen LogP contribution in [0.2, 0.25) is 0 Å². The minimum Gasteiger partial charge on any atom is -0.478 e. The summed E-state index contributed by atoms with van der Waals surface area (Å²) >= 11 is 0. The lowest BCUT2D eigenvalue weighted by atomic mass is 9.45. The molecule has 3 saturated carbocycles. The summed E-state index contributed by atoms with van der Waals surface area (Å²) in [6, 6.07) is 0. The van der Waals surface area contributed by atoms with Crippen molar-refractivity contribution < 1.29 is 42.2 Å². The molecule has 0 aromatic carbocycles. The van der Waals surface area contributed by atoms with Gasteiger partial charge in [-0.3, -0.25) is 14.4 Å². The summed E-state index contributed by atoms with van der Waals surface area (Å²) in [5.74, 6) is -8.57. The number of rotatable bonds is 3. The first-order valence-corrected chi connectivity index (χ1v) is 11.2. The van der Waals surface area contributed by atoms with Gasteiger partial charge in [0.05, 0.1) is 5.41 Å². The third kappa shape index (κ3) is 2.56. The lowest BCUT2D eigenvalue weighted by Gasteiger charge is -2.60. The number of Topliss-reactive ketones (excluding diaryl/α,β-unsaturated/α-hetero) is 1. The topological polar surface area (TPSA) is 97.7 Å². The largest absolute Gasteiger partial charge is 0.478 e. The summed E-state index contributed by atoms with van der Waals surface area (Å²) in [4.78, 5) is 50.2. The fourth-order valence-corrected chi connectivity index (χ4v) is 7.32. The predicted molar refractivity (Wildman–Crippen MR) is 109 cm³/mol. The first kappa shape index (κ1) is 23.7. The van der Waals surface area contributed by atoms with E-state index in [9.17, 15) is 28.7 Å². The molecule has 0 aliphatic heterocycles. The number of fused-ring (bicyclic) bond motifs is 5. The Bertz CT molecular complexity index is 1040. The standard InChI is InChI=1S/C24H27F3O6/c1-5-17(30)33-24(20(31)32)11(2)8-12-13-9-14(25)18-19(26)15(28)6-7-21(18,3)23(13,27)16(29)10-22(12,24)4/h6-7,11-14H,5,8-10H2,1-4H3,(H,31,32)/t11-,12-,13-,14-,21-,22-,23-,24-/m0/s1. The van der Waals surface area contributed by atoms with E-state index in [1.807, 2.05) is 0 Å². The number of aliphatic carboxylic acids is 1. The minimum atomic E-state index is -2.74. The van der Waals surface area contributed by atoms with E-state index in [0.29, 0.717) is 0 Å². The molecule has 4 rings (SSSR count). The van der Waals surface area contributed by atoms with Gasteiger partial charge in [-0.25, -0.2) is 18.0 Å². The summed E-state index contributed by atoms with van der Waals surface area (Å²) in [5.41, 5.74) is -9.02. The van der Waals surface area contributed by atoms with Crippen molar-refractivity contribution in [3.8, 4) is 0 Å². The smallest absolute Gasteiger partial charge is 0.349 e. The fourth-order valence-electron chi connectivity index (χ4n) is 7.32. The highest BCUT2D eigenvalue weighted by Gasteiger charge is 2.79. The molecule has 4 aliphatic rings. The number of carboxylic acid groups (broad SMARTS) is 1. The molecule has 8 atom stereocenters. The number of ether oxygens (including phenoxy) is 1. The maximum atomic E-state index is 17.0. The van der Waals surface area contributed by atoms with Crippen LogP contribution in [0, 0.1) is 28.6 Å². The van der Waals surface area contributed by atoms with Crippen molar-refractivity contribution in [3.63, 3.8) is 0 Å². The van der Waals surface area contributed by atoms with E-state index in [2.05, 4.69) is 0 Å². The normalized spacial score (nSPS) is 46.5. The van der Waals surface area contributed by atoms with E-state index in [0.717, 1.165) is 12.2 Å². The number of carbonyl (C=O) groups excluding carboxylic acids is 3. The van der Waals surface area contributed by atoms with E-state index in [1.54, 1.807) is 6.92 Å². The number of hydrogen-bond acceptors (Lipinski definition) is 5. The molecule has 0 bridgehead atoms. The van der Waals surface area contributed by atoms with Crippen molar-refractivity contribution in [2.75, 3.05) is 0 Å². The van der Waals surface area contributed by atoms with Crippen molar-refractivity contribution in [2.24, 2.45) is 28.6 Å². The van der Waals surface area contributed by atoms with Crippen molar-refractivity contribution in [1.82, 2.24) is 0 Å². The molecule has 0 spiro atoms. The van der Waals surface area contributed by atoms with Gasteiger partial charge < -0.3 is 9.84 Å². The van der Waals surface area contributed by atoms with Gasteiger partial charge in [0.15, 0.2) is 17.3 Å². The highest BCUT2D eigenvalue weighted by molar-refractivity contribution is 6.05. The van der Waals surface area contributed by atoms with Gasteiger partial charge in [-0.05, 0) is 31.8 Å². The zero-order chi connectivity index (χ0) is 24.7. The number of esters is 1. The third-order valence-corrected chi connectivity index (χ3v) is 8.89. The number of alkyl halides is 2. The van der Waals surface area contributed by atoms with Crippen molar-refractivity contribution in [1.29, 1.82) is 0 Å². The molecular formula is C24H27F3O6. The molecule has 0 aromatic heterocycles. The summed E-state index contributed by atoms with van der Waals surface area (Å²) in [5, 5.41) is 10.2. The van der Waals surface area contributed by atoms with Crippen LogP contribution in [0.1, 0.15) is 53.4 Å². The van der Waals surface area contributed by atoms with Crippen LogP contribution in [0.25, 0.3) is 0 Å². The number of hydrogen-bond donors (Lipinski definition) is 1. The molecule has 9 heteroatoms. The lowest BCUT2D eigenvalue weighted by Crippen LogP contribution is -2.69. The summed E-state index contributed by atoms with van der Waals surface area (Å²) < 4.78 is 52.6. The summed E-state index contributed by atoms with van der Waals surface area (Å²) in [7, 11) is 0. The van der Waals surface area contributed by atoms with Gasteiger partial charge in [0.25, 0.3) is 0 Å². The summed E-state index contributed by atoms with van der Waals surface area (Å²) in [6.45, 7) is 5.76. The Balaban J connectivity index is 1.90. The molecular weight excluding hydrogens is 441 g/mol. The molecule has 0 aromatic rings. The Hall–Kier alpha value is -2.45. The second-order valence-corrected chi connectivity index (χ2v) is 10.3. The number of carboxylic acids is 1. The fraction of sp³-hybridized carbons (Fsp3) is 0.667. The number of allylic oxidation sites excluding steroid dienone is 4. The minimum absolute atomic E-state index is 0.0797. The van der Waals surface area contributed by atoms with Gasteiger partial charge in [-0.15, -0.1) is 0 Å². The molecule has 3 fully saturated rings. The van der Waals surface area contributed by atoms with E-state index in [-0.39, 0.29) is 12.8 Å². The van der Waals surface area contributed by atoms with E-state index < -0.39 is 93.8 Å². The number of halogens is 3. The molecule has 0 heterocycles. The predicted octanol–water partition coefficient (Wildman–Crippen LogP) is 3.83. The number of carbonyl (C=O) groups is 4. The Morgan fingerprint density at radius 3 is 2.42 bits per heavy atom. The molecule has 0 radical (unpaired) electrons. The van der Waals surface area contributed by atoms with Crippen LogP contribution in [-0.4, -0.2) is 46.1 Å². The maximum Gasteiger partial charge on any atom is 0.349 e. The van der Waals surface area contributed by atoms with Crippen LogP contribution < -0.4 is 0 Å². The Labute approximate surface area is 189 Å². The van der Waals surface area contributed by atoms with Crippen LogP contribution in [0.5, 0.6) is 0 Å². The maximum absolute atomic E-state index is 17.0. The van der Waals surface area contributed by atoms with Gasteiger partial charge in [0.1, 0.15) is 6.17 Å². The molecule has 0 saturated heterocycles. The van der Waals surface area contributed by atoms with E-state index in [1.165, 1.54) is 20.8 Å². The monoisotopic (exact) mass is 468 g/mol. The van der Waals surface area contributed by atoms with Gasteiger partial charge in [-0.1, -0.05) is 26.8 Å². The Kier molecular flexibility index (Phi) is 5.05. The zero-order valence-corrected chi connectivity index (χ0v) is 18.9. The van der Waals surface area contributed by atoms with Crippen molar-refractivity contribution in [2.45, 2.75) is 70.8 Å². The van der Waals surface area contributed by atoms with Crippen molar-refractivity contribution >= 4 is 23.5 Å². The van der Waals surface area contributed by atoms with Crippen LogP contribution in [0.4, 0.5) is 13.2 Å². The quantitative estimate of drug-likeness (QED) is 0.633. The highest BCUT2D eigenvalue weighted by atomic mass is 19.2. The van der Waals surface area contributed by atoms with Crippen LogP contribution >= 0.6 is 0 Å². The van der Waals surface area contributed by atoms with Crippen LogP contribution in [0.3, 0.4) is 0 Å². The molecule has 0 amide bonds. The Morgan fingerprint density at radius 1 is 1.21 bits per heavy atom. The molecule has 0 unspecified atom stereocenters. The average Bonchev–Trinajstić information content (AvgIpc) is 2.95. The summed E-state index contributed by atoms with van der Waals surface area (Å²) in [6.07, 6.45) is -1.32. The van der Waals surface area contributed by atoms with E-state index in [4.69, 9.17) is 4.74 Å². The first-order valence-electron chi connectivity index (χ1n) is 11.2. The second-order valence-electron chi connectivity index (χ2n) is 10.3. The average molecular weight is 468 g/mol. The van der Waals surface area contributed by atoms with Gasteiger partial charge in [-0.2, -0.15) is 0 Å². The van der Waals surface area contributed by atoms with Crippen LogP contribution in [0.15, 0.2) is 23.6 Å². The number of ketones is 2. The third-order valence-electron chi connectivity index (χ3n) is 8.89. The molecule has 1 N–H and O–H groups in total. The molecule has 33 heavy (non-hydrogen) atoms. The second kappa shape index (κ2) is 7.03. The SMILES string of the molecule is CCC(=O)O[C@]1(C(=O)O)[C@@H](C)C[C@H]2[C@@H]3C[C@H](F)C4=C(F)C(=O)C=C[C@]4(C)[C@@]3(F)C(=O)C[C@@]21C. The van der Waals surface area contributed by atoms with E-state index >= 15 is 8.78 Å². The lowest BCUT2D eigenvalue weighted by molar-refractivity contribution is -0.213. The van der Waals surface area contributed by atoms with Gasteiger partial charge in [0.2, 0.25) is 11.4 Å². The molecule has 6 nitrogen and oxygen atoms in total. The zero-order valence-electron chi connectivity index (χ0n) is 18.9. The molecule has 180 valence electrons. The van der Waals surface area contributed by atoms with Crippen LogP contribution in [-0.2, 0) is 23.9 Å². The Morgan fingerprint density at radius 2 is 1.85 bits per heavy atom.